The molecule has 1 fully saturated rings. The van der Waals surface area contributed by atoms with Gasteiger partial charge in [-0.05, 0) is 48.7 Å². The van der Waals surface area contributed by atoms with E-state index in [0.29, 0.717) is 5.02 Å². The van der Waals surface area contributed by atoms with Crippen LogP contribution in [0.5, 0.6) is 0 Å². The maximum atomic E-state index is 13.1. The van der Waals surface area contributed by atoms with Crippen molar-refractivity contribution in [2.75, 3.05) is 23.3 Å². The van der Waals surface area contributed by atoms with Crippen molar-refractivity contribution in [3.63, 3.8) is 0 Å². The van der Waals surface area contributed by atoms with Crippen LogP contribution in [0.2, 0.25) is 5.02 Å². The molecule has 6 heteroatoms. The van der Waals surface area contributed by atoms with Gasteiger partial charge in [-0.25, -0.2) is 0 Å². The Labute approximate surface area is 204 Å². The molecule has 5 nitrogen and oxygen atoms in total. The first-order valence-corrected chi connectivity index (χ1v) is 11.8. The van der Waals surface area contributed by atoms with E-state index in [0.717, 1.165) is 59.8 Å². The highest BCUT2D eigenvalue weighted by atomic mass is 35.5. The van der Waals surface area contributed by atoms with E-state index < -0.39 is 0 Å². The van der Waals surface area contributed by atoms with Crippen molar-refractivity contribution in [3.05, 3.63) is 96.0 Å². The summed E-state index contributed by atoms with van der Waals surface area (Å²) < 4.78 is 0. The zero-order valence-electron chi connectivity index (χ0n) is 18.7. The number of anilines is 2. The number of para-hydroxylation sites is 1. The SMILES string of the molecule is O=C(Nc1ccccc1-c1ccccc1)C1CCN(c2ccc(-c3ccc(Cl)cc3)nn2)CC1. The van der Waals surface area contributed by atoms with Gasteiger partial charge in [-0.15, -0.1) is 10.2 Å². The summed E-state index contributed by atoms with van der Waals surface area (Å²) in [6, 6.07) is 29.6. The van der Waals surface area contributed by atoms with Crippen LogP contribution in [0, 0.1) is 5.92 Å². The van der Waals surface area contributed by atoms with Crippen molar-refractivity contribution in [2.45, 2.75) is 12.8 Å². The van der Waals surface area contributed by atoms with E-state index in [-0.39, 0.29) is 11.8 Å². The topological polar surface area (TPSA) is 58.1 Å². The highest BCUT2D eigenvalue weighted by Gasteiger charge is 2.26. The molecule has 0 aliphatic carbocycles. The summed E-state index contributed by atoms with van der Waals surface area (Å²) in [6.07, 6.45) is 1.56. The lowest BCUT2D eigenvalue weighted by atomic mass is 9.95. The summed E-state index contributed by atoms with van der Waals surface area (Å²) in [7, 11) is 0. The second-order valence-electron chi connectivity index (χ2n) is 8.45. The van der Waals surface area contributed by atoms with E-state index >= 15 is 0 Å². The van der Waals surface area contributed by atoms with Crippen LogP contribution in [0.1, 0.15) is 12.8 Å². The van der Waals surface area contributed by atoms with Crippen LogP contribution < -0.4 is 10.2 Å². The second kappa shape index (κ2) is 10.1. The molecule has 1 aliphatic heterocycles. The summed E-state index contributed by atoms with van der Waals surface area (Å²) >= 11 is 5.97. The first kappa shape index (κ1) is 22.1. The molecular weight excluding hydrogens is 444 g/mol. The molecule has 0 saturated carbocycles. The Morgan fingerprint density at radius 1 is 0.794 bits per heavy atom. The van der Waals surface area contributed by atoms with Gasteiger partial charge in [0.05, 0.1) is 5.69 Å². The van der Waals surface area contributed by atoms with Gasteiger partial charge in [-0.3, -0.25) is 4.79 Å². The predicted molar refractivity (Wildman–Crippen MR) is 138 cm³/mol. The Hall–Kier alpha value is -3.70. The van der Waals surface area contributed by atoms with Crippen LogP contribution >= 0.6 is 11.6 Å². The van der Waals surface area contributed by atoms with Crippen molar-refractivity contribution in [1.82, 2.24) is 10.2 Å². The van der Waals surface area contributed by atoms with E-state index in [1.807, 2.05) is 78.9 Å². The molecule has 1 amide bonds. The Morgan fingerprint density at radius 3 is 2.21 bits per heavy atom. The van der Waals surface area contributed by atoms with Gasteiger partial charge < -0.3 is 10.2 Å². The summed E-state index contributed by atoms with van der Waals surface area (Å²) in [5.41, 5.74) is 4.77. The monoisotopic (exact) mass is 468 g/mol. The number of nitrogens with one attached hydrogen (secondary N) is 1. The number of rotatable bonds is 5. The zero-order chi connectivity index (χ0) is 23.3. The molecule has 2 heterocycles. The van der Waals surface area contributed by atoms with Crippen molar-refractivity contribution < 1.29 is 4.79 Å². The molecular formula is C28H25ClN4O. The lowest BCUT2D eigenvalue weighted by Gasteiger charge is -2.32. The van der Waals surface area contributed by atoms with Crippen LogP contribution in [0.3, 0.4) is 0 Å². The van der Waals surface area contributed by atoms with Crippen LogP contribution in [0.4, 0.5) is 11.5 Å². The number of benzene rings is 3. The lowest BCUT2D eigenvalue weighted by Crippen LogP contribution is -2.38. The number of amides is 1. The van der Waals surface area contributed by atoms with Crippen molar-refractivity contribution >= 4 is 29.0 Å². The number of halogens is 1. The molecule has 4 aromatic rings. The van der Waals surface area contributed by atoms with Crippen LogP contribution in [0.25, 0.3) is 22.4 Å². The van der Waals surface area contributed by atoms with Gasteiger partial charge in [0.15, 0.2) is 5.82 Å². The van der Waals surface area contributed by atoms with Gasteiger partial charge in [0.2, 0.25) is 5.91 Å². The van der Waals surface area contributed by atoms with Gasteiger partial charge in [0.25, 0.3) is 0 Å². The molecule has 0 atom stereocenters. The average molecular weight is 469 g/mol. The van der Waals surface area contributed by atoms with Crippen molar-refractivity contribution in [2.24, 2.45) is 5.92 Å². The lowest BCUT2D eigenvalue weighted by molar-refractivity contribution is -0.120. The van der Waals surface area contributed by atoms with Gasteiger partial charge in [-0.1, -0.05) is 72.3 Å². The average Bonchev–Trinajstić information content (AvgIpc) is 2.90. The maximum Gasteiger partial charge on any atom is 0.227 e. The maximum absolute atomic E-state index is 13.1. The number of hydrogen-bond donors (Lipinski definition) is 1. The number of aromatic nitrogens is 2. The molecule has 3 aromatic carbocycles. The molecule has 5 rings (SSSR count). The summed E-state index contributed by atoms with van der Waals surface area (Å²) in [5, 5.41) is 12.7. The molecule has 0 radical (unpaired) electrons. The van der Waals surface area contributed by atoms with E-state index in [2.05, 4.69) is 32.5 Å². The number of piperidine rings is 1. The van der Waals surface area contributed by atoms with Gasteiger partial charge >= 0.3 is 0 Å². The smallest absolute Gasteiger partial charge is 0.227 e. The van der Waals surface area contributed by atoms with E-state index in [4.69, 9.17) is 11.6 Å². The number of carbonyl (C=O) groups is 1. The van der Waals surface area contributed by atoms with Gasteiger partial charge in [-0.2, -0.15) is 0 Å². The first-order valence-electron chi connectivity index (χ1n) is 11.5. The van der Waals surface area contributed by atoms with E-state index in [1.54, 1.807) is 0 Å². The summed E-state index contributed by atoms with van der Waals surface area (Å²) in [5.74, 6) is 0.888. The Bertz CT molecular complexity index is 1250. The van der Waals surface area contributed by atoms with E-state index in [1.165, 1.54) is 0 Å². The van der Waals surface area contributed by atoms with E-state index in [9.17, 15) is 4.79 Å². The number of carbonyl (C=O) groups excluding carboxylic acids is 1. The zero-order valence-corrected chi connectivity index (χ0v) is 19.4. The van der Waals surface area contributed by atoms with Crippen LogP contribution in [0.15, 0.2) is 91.0 Å². The minimum atomic E-state index is -0.0265. The third kappa shape index (κ3) is 4.95. The standard InChI is InChI=1S/C28H25ClN4O/c29-23-12-10-21(11-13-23)25-14-15-27(32-31-25)33-18-16-22(17-19-33)28(34)30-26-9-5-4-8-24(26)20-6-2-1-3-7-20/h1-15,22H,16-19H2,(H,30,34). The molecule has 0 bridgehead atoms. The fraction of sp³-hybridized carbons (Fsp3) is 0.179. The highest BCUT2D eigenvalue weighted by molar-refractivity contribution is 6.30. The molecule has 0 spiro atoms. The minimum absolute atomic E-state index is 0.0265. The van der Waals surface area contributed by atoms with Gasteiger partial charge in [0, 0.05) is 40.8 Å². The largest absolute Gasteiger partial charge is 0.355 e. The number of hydrogen-bond acceptors (Lipinski definition) is 4. The predicted octanol–water partition coefficient (Wildman–Crippen LogP) is 6.32. The van der Waals surface area contributed by atoms with Crippen LogP contribution in [-0.4, -0.2) is 29.2 Å². The quantitative estimate of drug-likeness (QED) is 0.372. The molecule has 1 aromatic heterocycles. The molecule has 1 saturated heterocycles. The van der Waals surface area contributed by atoms with Gasteiger partial charge in [0.1, 0.15) is 0 Å². The Kier molecular flexibility index (Phi) is 6.54. The fourth-order valence-corrected chi connectivity index (χ4v) is 4.46. The molecule has 34 heavy (non-hydrogen) atoms. The Morgan fingerprint density at radius 2 is 1.50 bits per heavy atom. The second-order valence-corrected chi connectivity index (χ2v) is 8.88. The van der Waals surface area contributed by atoms with Crippen molar-refractivity contribution in [1.29, 1.82) is 0 Å². The molecule has 170 valence electrons. The fourth-order valence-electron chi connectivity index (χ4n) is 4.34. The third-order valence-corrected chi connectivity index (χ3v) is 6.50. The first-order chi connectivity index (χ1) is 16.7. The molecule has 0 unspecified atom stereocenters. The van der Waals surface area contributed by atoms with Crippen LogP contribution in [-0.2, 0) is 4.79 Å². The minimum Gasteiger partial charge on any atom is -0.355 e. The normalized spacial score (nSPS) is 14.1. The molecule has 1 aliphatic rings. The molecule has 1 N–H and O–H groups in total. The number of nitrogens with zero attached hydrogens (tertiary/aromatic N) is 3. The third-order valence-electron chi connectivity index (χ3n) is 6.25. The summed E-state index contributed by atoms with van der Waals surface area (Å²) in [4.78, 5) is 15.2. The summed E-state index contributed by atoms with van der Waals surface area (Å²) in [6.45, 7) is 1.54. The highest BCUT2D eigenvalue weighted by Crippen LogP contribution is 2.29. The Balaban J connectivity index is 1.21. The van der Waals surface area contributed by atoms with Crippen molar-refractivity contribution in [3.8, 4) is 22.4 Å².